The van der Waals surface area contributed by atoms with Gasteiger partial charge in [0.15, 0.2) is 0 Å². The Kier molecular flexibility index (Phi) is 7.02. The number of hydrogen-bond donors (Lipinski definition) is 0. The molecule has 0 spiro atoms. The minimum Gasteiger partial charge on any atom is -0.435 e. The number of hydrogen-bond acceptors (Lipinski definition) is 6. The summed E-state index contributed by atoms with van der Waals surface area (Å²) in [5.41, 5.74) is 2.25. The van der Waals surface area contributed by atoms with Crippen molar-refractivity contribution in [2.75, 3.05) is 41.6 Å². The van der Waals surface area contributed by atoms with E-state index >= 15 is 0 Å². The standard InChI is InChI=1S/C26H26F3N3O5S2/c1-17-4-3-5-23(10-17)39(35,36)32-16-21-15-30(38(2,33)34)8-9-31(21)24-7-6-18(13-25(24)32)19-11-20(27)14-22(12-19)37-26(28)29/h3-7,10-14,21,26H,8-9,15-16H2,1-2H3/t21-/m0/s1. The Morgan fingerprint density at radius 2 is 1.67 bits per heavy atom. The molecule has 3 aromatic rings. The van der Waals surface area contributed by atoms with Crippen LogP contribution in [0.2, 0.25) is 0 Å². The second-order valence-corrected chi connectivity index (χ2v) is 13.4. The first-order chi connectivity index (χ1) is 18.3. The molecule has 0 saturated carbocycles. The van der Waals surface area contributed by atoms with Gasteiger partial charge in [-0.25, -0.2) is 21.2 Å². The molecule has 2 aliphatic rings. The Balaban J connectivity index is 1.64. The molecule has 0 N–H and O–H groups in total. The van der Waals surface area contributed by atoms with Crippen molar-refractivity contribution < 1.29 is 34.7 Å². The second-order valence-electron chi connectivity index (χ2n) is 9.58. The molecule has 0 unspecified atom stereocenters. The zero-order chi connectivity index (χ0) is 28.1. The highest BCUT2D eigenvalue weighted by atomic mass is 32.2. The molecule has 5 rings (SSSR count). The van der Waals surface area contributed by atoms with E-state index in [1.54, 1.807) is 43.3 Å². The molecule has 8 nitrogen and oxygen atoms in total. The molecule has 1 atom stereocenters. The number of ether oxygens (including phenoxy) is 1. The predicted octanol–water partition coefficient (Wildman–Crippen LogP) is 4.06. The number of nitrogens with zero attached hydrogens (tertiary/aromatic N) is 3. The van der Waals surface area contributed by atoms with Crippen molar-refractivity contribution in [1.82, 2.24) is 4.31 Å². The smallest absolute Gasteiger partial charge is 0.387 e. The number of benzene rings is 3. The number of alkyl halides is 2. The molecular weight excluding hydrogens is 555 g/mol. The zero-order valence-electron chi connectivity index (χ0n) is 21.1. The molecule has 2 aliphatic heterocycles. The van der Waals surface area contributed by atoms with Gasteiger partial charge in [-0.3, -0.25) is 4.31 Å². The average molecular weight is 582 g/mol. The topological polar surface area (TPSA) is 87.2 Å². The van der Waals surface area contributed by atoms with E-state index < -0.39 is 38.5 Å². The number of anilines is 2. The normalized spacial score (nSPS) is 18.2. The maximum Gasteiger partial charge on any atom is 0.387 e. The molecule has 13 heteroatoms. The summed E-state index contributed by atoms with van der Waals surface area (Å²) in [5, 5.41) is 0. The van der Waals surface area contributed by atoms with Gasteiger partial charge < -0.3 is 9.64 Å². The maximum atomic E-state index is 14.3. The van der Waals surface area contributed by atoms with E-state index in [4.69, 9.17) is 0 Å². The van der Waals surface area contributed by atoms with E-state index in [2.05, 4.69) is 4.74 Å². The van der Waals surface area contributed by atoms with Gasteiger partial charge in [-0.15, -0.1) is 0 Å². The summed E-state index contributed by atoms with van der Waals surface area (Å²) < 4.78 is 99.2. The number of aryl methyl sites for hydroxylation is 1. The zero-order valence-corrected chi connectivity index (χ0v) is 22.7. The van der Waals surface area contributed by atoms with Gasteiger partial charge in [0.05, 0.1) is 35.1 Å². The number of sulfonamides is 2. The SMILES string of the molecule is Cc1cccc(S(=O)(=O)N2C[C@@H]3CN(S(C)(=O)=O)CCN3c3ccc(-c4cc(F)cc(OC(F)F)c4)cc32)c1. The van der Waals surface area contributed by atoms with E-state index in [-0.39, 0.29) is 35.8 Å². The van der Waals surface area contributed by atoms with Gasteiger partial charge in [0, 0.05) is 25.7 Å². The van der Waals surface area contributed by atoms with Crippen molar-refractivity contribution in [1.29, 1.82) is 0 Å². The summed E-state index contributed by atoms with van der Waals surface area (Å²) in [7, 11) is -7.58. The van der Waals surface area contributed by atoms with Crippen molar-refractivity contribution in [2.24, 2.45) is 0 Å². The van der Waals surface area contributed by atoms with E-state index in [0.29, 0.717) is 23.5 Å². The lowest BCUT2D eigenvalue weighted by Gasteiger charge is -2.48. The first kappa shape index (κ1) is 27.3. The number of rotatable bonds is 6. The van der Waals surface area contributed by atoms with Crippen LogP contribution in [0, 0.1) is 12.7 Å². The van der Waals surface area contributed by atoms with Crippen LogP contribution in [0.5, 0.6) is 5.75 Å². The summed E-state index contributed by atoms with van der Waals surface area (Å²) in [6.07, 6.45) is 1.12. The van der Waals surface area contributed by atoms with Crippen molar-refractivity contribution in [3.63, 3.8) is 0 Å². The highest BCUT2D eigenvalue weighted by molar-refractivity contribution is 7.92. The van der Waals surface area contributed by atoms with Gasteiger partial charge in [0.1, 0.15) is 11.6 Å². The van der Waals surface area contributed by atoms with E-state index in [0.717, 1.165) is 24.0 Å². The Labute approximate surface area is 225 Å². The fourth-order valence-electron chi connectivity index (χ4n) is 5.07. The average Bonchev–Trinajstić information content (AvgIpc) is 2.86. The van der Waals surface area contributed by atoms with Crippen molar-refractivity contribution in [3.05, 3.63) is 72.0 Å². The fraction of sp³-hybridized carbons (Fsp3) is 0.308. The molecule has 1 saturated heterocycles. The van der Waals surface area contributed by atoms with Gasteiger partial charge in [0.25, 0.3) is 10.0 Å². The third-order valence-electron chi connectivity index (χ3n) is 6.85. The molecule has 208 valence electrons. The van der Waals surface area contributed by atoms with Crippen LogP contribution in [0.4, 0.5) is 24.5 Å². The third-order valence-corrected chi connectivity index (χ3v) is 9.90. The minimum atomic E-state index is -4.09. The van der Waals surface area contributed by atoms with Crippen molar-refractivity contribution in [2.45, 2.75) is 24.5 Å². The van der Waals surface area contributed by atoms with Gasteiger partial charge >= 0.3 is 6.61 Å². The minimum absolute atomic E-state index is 0.0261. The van der Waals surface area contributed by atoms with E-state index in [1.807, 2.05) is 4.90 Å². The van der Waals surface area contributed by atoms with Gasteiger partial charge in [-0.05, 0) is 60.0 Å². The number of piperazine rings is 1. The summed E-state index contributed by atoms with van der Waals surface area (Å²) in [6.45, 7) is -0.703. The van der Waals surface area contributed by atoms with E-state index in [9.17, 15) is 30.0 Å². The molecule has 0 aliphatic carbocycles. The van der Waals surface area contributed by atoms with Crippen molar-refractivity contribution in [3.8, 4) is 16.9 Å². The van der Waals surface area contributed by atoms with Gasteiger partial charge in [0.2, 0.25) is 10.0 Å². The highest BCUT2D eigenvalue weighted by Gasteiger charge is 2.41. The summed E-state index contributed by atoms with van der Waals surface area (Å²) in [5.74, 6) is -1.15. The lowest BCUT2D eigenvalue weighted by Crippen LogP contribution is -2.61. The van der Waals surface area contributed by atoms with Crippen LogP contribution in [-0.4, -0.2) is 66.2 Å². The second kappa shape index (κ2) is 10.0. The summed E-state index contributed by atoms with van der Waals surface area (Å²) in [4.78, 5) is 2.04. The quantitative estimate of drug-likeness (QED) is 0.437. The molecule has 2 heterocycles. The molecule has 0 aromatic heterocycles. The van der Waals surface area contributed by atoms with Gasteiger partial charge in [-0.1, -0.05) is 18.2 Å². The monoisotopic (exact) mass is 581 g/mol. The Bertz CT molecular complexity index is 1630. The fourth-order valence-corrected chi connectivity index (χ4v) is 7.54. The molecule has 3 aromatic carbocycles. The molecule has 0 amide bonds. The Morgan fingerprint density at radius 3 is 2.36 bits per heavy atom. The first-order valence-corrected chi connectivity index (χ1v) is 15.3. The molecule has 39 heavy (non-hydrogen) atoms. The number of halogens is 3. The lowest BCUT2D eigenvalue weighted by atomic mass is 10.0. The lowest BCUT2D eigenvalue weighted by molar-refractivity contribution is -0.0499. The summed E-state index contributed by atoms with van der Waals surface area (Å²) >= 11 is 0. The third kappa shape index (κ3) is 5.43. The highest BCUT2D eigenvalue weighted by Crippen LogP contribution is 2.42. The number of fused-ring (bicyclic) bond motifs is 3. The van der Waals surface area contributed by atoms with Crippen LogP contribution >= 0.6 is 0 Å². The van der Waals surface area contributed by atoms with Crippen LogP contribution in [0.3, 0.4) is 0 Å². The van der Waals surface area contributed by atoms with Crippen LogP contribution < -0.4 is 13.9 Å². The Morgan fingerprint density at radius 1 is 0.897 bits per heavy atom. The Hall–Kier alpha value is -3.29. The molecule has 1 fully saturated rings. The van der Waals surface area contributed by atoms with Crippen LogP contribution in [0.1, 0.15) is 5.56 Å². The molecule has 0 radical (unpaired) electrons. The summed E-state index contributed by atoms with van der Waals surface area (Å²) in [6, 6.07) is 14.1. The first-order valence-electron chi connectivity index (χ1n) is 12.0. The van der Waals surface area contributed by atoms with Crippen LogP contribution in [0.15, 0.2) is 65.6 Å². The van der Waals surface area contributed by atoms with Crippen LogP contribution in [-0.2, 0) is 20.0 Å². The molecule has 0 bridgehead atoms. The van der Waals surface area contributed by atoms with Crippen LogP contribution in [0.25, 0.3) is 11.1 Å². The van der Waals surface area contributed by atoms with E-state index in [1.165, 1.54) is 20.7 Å². The maximum absolute atomic E-state index is 14.3. The van der Waals surface area contributed by atoms with Gasteiger partial charge in [-0.2, -0.15) is 13.1 Å². The van der Waals surface area contributed by atoms with Crippen molar-refractivity contribution >= 4 is 31.4 Å². The molecular formula is C26H26F3N3O5S2. The largest absolute Gasteiger partial charge is 0.435 e. The predicted molar refractivity (Wildman–Crippen MR) is 142 cm³/mol.